The van der Waals surface area contributed by atoms with E-state index in [1.165, 1.54) is 4.90 Å². The van der Waals surface area contributed by atoms with E-state index in [-0.39, 0.29) is 37.4 Å². The number of para-hydroxylation sites is 1. The zero-order valence-electron chi connectivity index (χ0n) is 26.6. The number of fused-ring (bicyclic) bond motifs is 1. The topological polar surface area (TPSA) is 204 Å². The number of rotatable bonds is 19. The first-order valence-corrected chi connectivity index (χ1v) is 15.8. The van der Waals surface area contributed by atoms with Crippen LogP contribution in [0, 0.1) is 0 Å². The van der Waals surface area contributed by atoms with E-state index in [4.69, 9.17) is 19.9 Å². The number of imide groups is 1. The molecule has 6 N–H and O–H groups in total. The van der Waals surface area contributed by atoms with Crippen molar-refractivity contribution in [3.63, 3.8) is 0 Å². The third-order valence-corrected chi connectivity index (χ3v) is 7.85. The Morgan fingerprint density at radius 2 is 1.77 bits per heavy atom. The zero-order chi connectivity index (χ0) is 33.7. The van der Waals surface area contributed by atoms with Crippen molar-refractivity contribution in [1.82, 2.24) is 30.5 Å². The third kappa shape index (κ3) is 9.57. The molecule has 16 heteroatoms. The Morgan fingerprint density at radius 3 is 2.58 bits per heavy atom. The van der Waals surface area contributed by atoms with Gasteiger partial charge >= 0.3 is 0 Å². The Labute approximate surface area is 277 Å². The van der Waals surface area contributed by atoms with E-state index in [1.54, 1.807) is 16.8 Å². The normalized spacial score (nSPS) is 15.7. The smallest absolute Gasteiger partial charge is 0.255 e. The molecule has 2 aromatic carbocycles. The van der Waals surface area contributed by atoms with Crippen molar-refractivity contribution < 1.29 is 33.4 Å². The number of nitrogens with one attached hydrogen (secondary N) is 4. The molecule has 0 spiro atoms. The summed E-state index contributed by atoms with van der Waals surface area (Å²) in [6.07, 6.45) is 2.35. The lowest BCUT2D eigenvalue weighted by Crippen LogP contribution is -2.52. The van der Waals surface area contributed by atoms with Crippen LogP contribution in [0.15, 0.2) is 48.7 Å². The van der Waals surface area contributed by atoms with Gasteiger partial charge < -0.3 is 40.8 Å². The van der Waals surface area contributed by atoms with Gasteiger partial charge in [-0.2, -0.15) is 0 Å². The van der Waals surface area contributed by atoms with Crippen LogP contribution in [0.2, 0.25) is 0 Å². The van der Waals surface area contributed by atoms with Gasteiger partial charge in [-0.05, 0) is 35.7 Å². The first-order valence-electron chi connectivity index (χ1n) is 15.8. The molecule has 16 nitrogen and oxygen atoms in total. The molecule has 1 fully saturated rings. The Balaban J connectivity index is 1.02. The van der Waals surface area contributed by atoms with E-state index in [1.807, 2.05) is 36.5 Å². The van der Waals surface area contributed by atoms with Gasteiger partial charge in [-0.15, -0.1) is 5.10 Å². The Hall–Kier alpha value is -4.90. The molecule has 48 heavy (non-hydrogen) atoms. The molecule has 0 bridgehead atoms. The van der Waals surface area contributed by atoms with Crippen LogP contribution < -0.4 is 27.0 Å². The minimum absolute atomic E-state index is 0.00300. The summed E-state index contributed by atoms with van der Waals surface area (Å²) in [6, 6.07) is 12.3. The summed E-state index contributed by atoms with van der Waals surface area (Å²) in [6.45, 7) is 4.15. The molecule has 0 radical (unpaired) electrons. The standard InChI is InChI=1S/C32H41N9O7/c33-21-48-14-13-47-12-11-46-10-9-40-20-25(38-39-40)17-35-27-4-2-1-3-22(27)16-36-30(43)18-34-24-6-5-23-19-41(32(45)26(23)15-24)28-7-8-29(42)37-31(28)44/h1-6,15,20,28,34-35H,7-14,16-19,21,33H2,(H,36,43)(H,37,42,44). The van der Waals surface area contributed by atoms with Crippen LogP contribution in [0.5, 0.6) is 0 Å². The van der Waals surface area contributed by atoms with Crippen molar-refractivity contribution >= 4 is 35.0 Å². The van der Waals surface area contributed by atoms with Gasteiger partial charge in [-0.1, -0.05) is 29.5 Å². The quantitative estimate of drug-likeness (QED) is 0.0670. The summed E-state index contributed by atoms with van der Waals surface area (Å²) in [7, 11) is 0. The van der Waals surface area contributed by atoms with Crippen molar-refractivity contribution in [2.75, 3.05) is 56.9 Å². The van der Waals surface area contributed by atoms with Gasteiger partial charge in [0, 0.05) is 36.4 Å². The number of nitrogens with zero attached hydrogens (tertiary/aromatic N) is 4. The summed E-state index contributed by atoms with van der Waals surface area (Å²) in [5.74, 6) is -1.27. The lowest BCUT2D eigenvalue weighted by molar-refractivity contribution is -0.137. The van der Waals surface area contributed by atoms with Crippen molar-refractivity contribution in [3.05, 3.63) is 71.0 Å². The predicted octanol–water partition coefficient (Wildman–Crippen LogP) is 0.346. The van der Waals surface area contributed by atoms with Crippen molar-refractivity contribution in [2.24, 2.45) is 5.73 Å². The van der Waals surface area contributed by atoms with E-state index in [9.17, 15) is 19.2 Å². The van der Waals surface area contributed by atoms with Crippen LogP contribution in [0.1, 0.15) is 40.0 Å². The molecule has 0 aliphatic carbocycles. The minimum Gasteiger partial charge on any atom is -0.379 e. The number of amides is 4. The van der Waals surface area contributed by atoms with Crippen LogP contribution >= 0.6 is 0 Å². The first-order chi connectivity index (χ1) is 23.4. The monoisotopic (exact) mass is 663 g/mol. The molecule has 2 aliphatic rings. The molecule has 0 saturated carbocycles. The van der Waals surface area contributed by atoms with Crippen LogP contribution in [-0.4, -0.2) is 95.9 Å². The fourth-order valence-electron chi connectivity index (χ4n) is 5.35. The van der Waals surface area contributed by atoms with Crippen LogP contribution in [-0.2, 0) is 54.8 Å². The van der Waals surface area contributed by atoms with Gasteiger partial charge in [-0.3, -0.25) is 24.5 Å². The number of ether oxygens (including phenoxy) is 3. The van der Waals surface area contributed by atoms with Gasteiger partial charge in [0.05, 0.1) is 65.6 Å². The third-order valence-electron chi connectivity index (χ3n) is 7.85. The minimum atomic E-state index is -0.675. The Bertz CT molecular complexity index is 1580. The maximum Gasteiger partial charge on any atom is 0.255 e. The SMILES string of the molecule is NCOCCOCCOCCn1cc(CNc2ccccc2CNC(=O)CNc2ccc3c(c2)C(=O)N(C2CCC(=O)NC2=O)C3)nn1. The number of hydrogen-bond acceptors (Lipinski definition) is 12. The number of carbonyl (C=O) groups is 4. The highest BCUT2D eigenvalue weighted by Crippen LogP contribution is 2.29. The van der Waals surface area contributed by atoms with E-state index < -0.39 is 11.9 Å². The van der Waals surface area contributed by atoms with Gasteiger partial charge in [0.25, 0.3) is 5.91 Å². The average molecular weight is 664 g/mol. The maximum atomic E-state index is 13.1. The zero-order valence-corrected chi connectivity index (χ0v) is 26.6. The largest absolute Gasteiger partial charge is 0.379 e. The second-order valence-corrected chi connectivity index (χ2v) is 11.2. The molecule has 5 rings (SSSR count). The molecule has 4 amide bonds. The number of hydrogen-bond donors (Lipinski definition) is 5. The summed E-state index contributed by atoms with van der Waals surface area (Å²) in [5, 5.41) is 20.0. The van der Waals surface area contributed by atoms with E-state index >= 15 is 0 Å². The van der Waals surface area contributed by atoms with E-state index in [0.29, 0.717) is 76.9 Å². The molecular formula is C32H41N9O7. The number of nitrogens with two attached hydrogens (primary N) is 1. The number of benzene rings is 2. The molecule has 1 aromatic heterocycles. The summed E-state index contributed by atoms with van der Waals surface area (Å²) in [5.41, 5.74) is 9.65. The van der Waals surface area contributed by atoms with Gasteiger partial charge in [0.1, 0.15) is 11.7 Å². The molecule has 2 aliphatic heterocycles. The highest BCUT2D eigenvalue weighted by Gasteiger charge is 2.39. The molecule has 1 saturated heterocycles. The predicted molar refractivity (Wildman–Crippen MR) is 173 cm³/mol. The fraction of sp³-hybridized carbons (Fsp3) is 0.438. The lowest BCUT2D eigenvalue weighted by atomic mass is 10.0. The van der Waals surface area contributed by atoms with Crippen molar-refractivity contribution in [3.8, 4) is 0 Å². The molecule has 256 valence electrons. The van der Waals surface area contributed by atoms with Crippen LogP contribution in [0.3, 0.4) is 0 Å². The maximum absolute atomic E-state index is 13.1. The average Bonchev–Trinajstić information content (AvgIpc) is 3.68. The fourth-order valence-corrected chi connectivity index (χ4v) is 5.35. The Morgan fingerprint density at radius 1 is 0.979 bits per heavy atom. The first kappa shape index (κ1) is 34.4. The molecule has 3 aromatic rings. The van der Waals surface area contributed by atoms with Gasteiger partial charge in [0.2, 0.25) is 17.7 Å². The highest BCUT2D eigenvalue weighted by molar-refractivity contribution is 6.05. The number of carbonyl (C=O) groups excluding carboxylic acids is 4. The highest BCUT2D eigenvalue weighted by atomic mass is 16.5. The van der Waals surface area contributed by atoms with E-state index in [2.05, 4.69) is 31.6 Å². The van der Waals surface area contributed by atoms with Gasteiger partial charge in [-0.25, -0.2) is 4.68 Å². The van der Waals surface area contributed by atoms with Gasteiger partial charge in [0.15, 0.2) is 0 Å². The summed E-state index contributed by atoms with van der Waals surface area (Å²) < 4.78 is 17.7. The molecular weight excluding hydrogens is 622 g/mol. The lowest BCUT2D eigenvalue weighted by Gasteiger charge is -2.29. The van der Waals surface area contributed by atoms with Crippen molar-refractivity contribution in [2.45, 2.75) is 45.1 Å². The van der Waals surface area contributed by atoms with Crippen molar-refractivity contribution in [1.29, 1.82) is 0 Å². The van der Waals surface area contributed by atoms with Crippen LogP contribution in [0.4, 0.5) is 11.4 Å². The van der Waals surface area contributed by atoms with E-state index in [0.717, 1.165) is 22.5 Å². The summed E-state index contributed by atoms with van der Waals surface area (Å²) in [4.78, 5) is 51.1. The second kappa shape index (κ2) is 17.3. The van der Waals surface area contributed by atoms with Crippen LogP contribution in [0.25, 0.3) is 0 Å². The Kier molecular flexibility index (Phi) is 12.4. The summed E-state index contributed by atoms with van der Waals surface area (Å²) >= 11 is 0. The number of anilines is 2. The molecule has 3 heterocycles. The second-order valence-electron chi connectivity index (χ2n) is 11.2. The number of piperidine rings is 1. The molecule has 1 atom stereocenters. The number of aromatic nitrogens is 3. The molecule has 1 unspecified atom stereocenters.